The molecule has 0 bridgehead atoms. The van der Waals surface area contributed by atoms with Gasteiger partial charge in [0.25, 0.3) is 5.91 Å². The highest BCUT2D eigenvalue weighted by Crippen LogP contribution is 2.26. The molecular formula is C19H17N3OS. The maximum absolute atomic E-state index is 12.4. The Kier molecular flexibility index (Phi) is 4.11. The van der Waals surface area contributed by atoms with Gasteiger partial charge in [-0.05, 0) is 48.4 Å². The zero-order chi connectivity index (χ0) is 16.4. The number of para-hydroxylation sites is 1. The second kappa shape index (κ2) is 6.55. The summed E-state index contributed by atoms with van der Waals surface area (Å²) >= 11 is 1.49. The van der Waals surface area contributed by atoms with Gasteiger partial charge in [0, 0.05) is 12.1 Å². The van der Waals surface area contributed by atoms with Crippen LogP contribution >= 0.6 is 11.3 Å². The van der Waals surface area contributed by atoms with E-state index >= 15 is 0 Å². The van der Waals surface area contributed by atoms with Gasteiger partial charge in [-0.1, -0.05) is 41.7 Å². The Hall–Kier alpha value is -2.50. The molecule has 1 aliphatic heterocycles. The molecule has 1 amide bonds. The Labute approximate surface area is 144 Å². The Balaban J connectivity index is 1.50. The number of anilines is 1. The SMILES string of the molecule is O=C(Nc1nc2ccccc2s1)c1ccc(C2=CCNCC2)cc1. The van der Waals surface area contributed by atoms with Gasteiger partial charge in [0.05, 0.1) is 10.2 Å². The highest BCUT2D eigenvalue weighted by atomic mass is 32.1. The van der Waals surface area contributed by atoms with Gasteiger partial charge in [-0.25, -0.2) is 4.98 Å². The van der Waals surface area contributed by atoms with E-state index in [1.165, 1.54) is 22.5 Å². The van der Waals surface area contributed by atoms with Gasteiger partial charge >= 0.3 is 0 Å². The van der Waals surface area contributed by atoms with Gasteiger partial charge in [-0.15, -0.1) is 0 Å². The number of nitrogens with one attached hydrogen (secondary N) is 2. The summed E-state index contributed by atoms with van der Waals surface area (Å²) in [6.07, 6.45) is 3.23. The number of fused-ring (bicyclic) bond motifs is 1. The second-order valence-corrected chi connectivity index (χ2v) is 6.73. The molecule has 0 unspecified atom stereocenters. The first-order chi connectivity index (χ1) is 11.8. The molecule has 5 heteroatoms. The van der Waals surface area contributed by atoms with Crippen LogP contribution in [0, 0.1) is 0 Å². The third-order valence-corrected chi connectivity index (χ3v) is 5.05. The Morgan fingerprint density at radius 3 is 2.71 bits per heavy atom. The molecule has 2 N–H and O–H groups in total. The van der Waals surface area contributed by atoms with E-state index < -0.39 is 0 Å². The predicted octanol–water partition coefficient (Wildman–Crippen LogP) is 3.93. The fraction of sp³-hybridized carbons (Fsp3) is 0.158. The van der Waals surface area contributed by atoms with Crippen molar-refractivity contribution in [3.63, 3.8) is 0 Å². The van der Waals surface area contributed by atoms with Crippen molar-refractivity contribution < 1.29 is 4.79 Å². The quantitative estimate of drug-likeness (QED) is 0.762. The van der Waals surface area contributed by atoms with E-state index in [0.717, 1.165) is 29.7 Å². The lowest BCUT2D eigenvalue weighted by atomic mass is 9.99. The average molecular weight is 335 g/mol. The van der Waals surface area contributed by atoms with Crippen LogP contribution in [0.15, 0.2) is 54.6 Å². The molecule has 0 fully saturated rings. The van der Waals surface area contributed by atoms with Gasteiger partial charge in [-0.3, -0.25) is 10.1 Å². The number of nitrogens with zero attached hydrogens (tertiary/aromatic N) is 1. The Bertz CT molecular complexity index is 879. The van der Waals surface area contributed by atoms with Crippen molar-refractivity contribution in [3.8, 4) is 0 Å². The van der Waals surface area contributed by atoms with Crippen molar-refractivity contribution in [1.82, 2.24) is 10.3 Å². The topological polar surface area (TPSA) is 54.0 Å². The normalized spacial score (nSPS) is 14.4. The molecule has 2 heterocycles. The lowest BCUT2D eigenvalue weighted by Gasteiger charge is -2.14. The van der Waals surface area contributed by atoms with E-state index in [9.17, 15) is 4.79 Å². The molecule has 1 aromatic heterocycles. The summed E-state index contributed by atoms with van der Waals surface area (Å²) in [4.78, 5) is 16.8. The van der Waals surface area contributed by atoms with Gasteiger partial charge in [0.15, 0.2) is 5.13 Å². The van der Waals surface area contributed by atoms with Gasteiger partial charge < -0.3 is 5.32 Å². The minimum atomic E-state index is -0.125. The van der Waals surface area contributed by atoms with Crippen LogP contribution < -0.4 is 10.6 Å². The lowest BCUT2D eigenvalue weighted by Crippen LogP contribution is -2.20. The first-order valence-electron chi connectivity index (χ1n) is 7.97. The molecular weight excluding hydrogens is 318 g/mol. The highest BCUT2D eigenvalue weighted by Gasteiger charge is 2.11. The van der Waals surface area contributed by atoms with Crippen LogP contribution in [-0.4, -0.2) is 24.0 Å². The molecule has 120 valence electrons. The standard InChI is InChI=1S/C19H17N3OS/c23-18(22-19-21-16-3-1-2-4-17(16)24-19)15-7-5-13(6-8-15)14-9-11-20-12-10-14/h1-9,20H,10-12H2,(H,21,22,23). The molecule has 0 saturated heterocycles. The summed E-state index contributed by atoms with van der Waals surface area (Å²) < 4.78 is 1.07. The third-order valence-electron chi connectivity index (χ3n) is 4.10. The lowest BCUT2D eigenvalue weighted by molar-refractivity contribution is 0.102. The first kappa shape index (κ1) is 15.1. The zero-order valence-electron chi connectivity index (χ0n) is 13.1. The number of amides is 1. The molecule has 24 heavy (non-hydrogen) atoms. The molecule has 0 spiro atoms. The smallest absolute Gasteiger partial charge is 0.257 e. The maximum Gasteiger partial charge on any atom is 0.257 e. The first-order valence-corrected chi connectivity index (χ1v) is 8.78. The molecule has 3 aromatic rings. The molecule has 1 aliphatic rings. The van der Waals surface area contributed by atoms with E-state index in [2.05, 4.69) is 21.7 Å². The summed E-state index contributed by atoms with van der Waals surface area (Å²) in [5, 5.41) is 6.83. The minimum Gasteiger partial charge on any atom is -0.313 e. The number of hydrogen-bond acceptors (Lipinski definition) is 4. The van der Waals surface area contributed by atoms with E-state index in [4.69, 9.17) is 0 Å². The molecule has 4 rings (SSSR count). The van der Waals surface area contributed by atoms with Crippen LogP contribution in [0.3, 0.4) is 0 Å². The van der Waals surface area contributed by atoms with Crippen molar-refractivity contribution in [2.75, 3.05) is 18.4 Å². The average Bonchev–Trinajstić information content (AvgIpc) is 3.05. The maximum atomic E-state index is 12.4. The molecule has 0 saturated carbocycles. The number of carbonyl (C=O) groups excluding carboxylic acids is 1. The van der Waals surface area contributed by atoms with Crippen LogP contribution in [0.4, 0.5) is 5.13 Å². The summed E-state index contributed by atoms with van der Waals surface area (Å²) in [5.41, 5.74) is 4.08. The summed E-state index contributed by atoms with van der Waals surface area (Å²) in [7, 11) is 0. The number of thiazole rings is 1. The van der Waals surface area contributed by atoms with Crippen molar-refractivity contribution in [2.24, 2.45) is 0 Å². The molecule has 2 aromatic carbocycles. The zero-order valence-corrected chi connectivity index (χ0v) is 13.9. The Morgan fingerprint density at radius 2 is 1.96 bits per heavy atom. The molecule has 0 atom stereocenters. The monoisotopic (exact) mass is 335 g/mol. The predicted molar refractivity (Wildman–Crippen MR) is 99.5 cm³/mol. The van der Waals surface area contributed by atoms with Crippen LogP contribution in [0.5, 0.6) is 0 Å². The second-order valence-electron chi connectivity index (χ2n) is 5.70. The van der Waals surface area contributed by atoms with E-state index in [-0.39, 0.29) is 5.91 Å². The van der Waals surface area contributed by atoms with Crippen molar-refractivity contribution >= 4 is 38.2 Å². The fourth-order valence-electron chi connectivity index (χ4n) is 2.82. The number of benzene rings is 2. The van der Waals surface area contributed by atoms with Crippen LogP contribution in [0.25, 0.3) is 15.8 Å². The number of aromatic nitrogens is 1. The van der Waals surface area contributed by atoms with Crippen LogP contribution in [0.1, 0.15) is 22.3 Å². The van der Waals surface area contributed by atoms with Crippen molar-refractivity contribution in [1.29, 1.82) is 0 Å². The van der Waals surface area contributed by atoms with Crippen LogP contribution in [-0.2, 0) is 0 Å². The van der Waals surface area contributed by atoms with E-state index in [1.54, 1.807) is 0 Å². The van der Waals surface area contributed by atoms with Gasteiger partial charge in [0.1, 0.15) is 0 Å². The largest absolute Gasteiger partial charge is 0.313 e. The van der Waals surface area contributed by atoms with Crippen molar-refractivity contribution in [3.05, 3.63) is 65.7 Å². The van der Waals surface area contributed by atoms with E-state index in [1.807, 2.05) is 48.5 Å². The summed E-state index contributed by atoms with van der Waals surface area (Å²) in [5.74, 6) is -0.125. The van der Waals surface area contributed by atoms with Gasteiger partial charge in [-0.2, -0.15) is 0 Å². The molecule has 0 radical (unpaired) electrons. The van der Waals surface area contributed by atoms with Crippen LogP contribution in [0.2, 0.25) is 0 Å². The number of rotatable bonds is 3. The summed E-state index contributed by atoms with van der Waals surface area (Å²) in [6.45, 7) is 1.92. The molecule has 4 nitrogen and oxygen atoms in total. The van der Waals surface area contributed by atoms with Gasteiger partial charge in [0.2, 0.25) is 0 Å². The fourth-order valence-corrected chi connectivity index (χ4v) is 3.68. The molecule has 0 aliphatic carbocycles. The number of carbonyl (C=O) groups is 1. The minimum absolute atomic E-state index is 0.125. The third kappa shape index (κ3) is 3.09. The summed E-state index contributed by atoms with van der Waals surface area (Å²) in [6, 6.07) is 15.7. The van der Waals surface area contributed by atoms with E-state index in [0.29, 0.717) is 10.7 Å². The highest BCUT2D eigenvalue weighted by molar-refractivity contribution is 7.22. The van der Waals surface area contributed by atoms with Crippen molar-refractivity contribution in [2.45, 2.75) is 6.42 Å². The Morgan fingerprint density at radius 1 is 1.12 bits per heavy atom. The number of hydrogen-bond donors (Lipinski definition) is 2.